The van der Waals surface area contributed by atoms with E-state index >= 15 is 0 Å². The summed E-state index contributed by atoms with van der Waals surface area (Å²) in [5.41, 5.74) is 1.32. The van der Waals surface area contributed by atoms with Gasteiger partial charge in [0.2, 0.25) is 10.0 Å². The molecule has 1 fully saturated rings. The third-order valence-electron chi connectivity index (χ3n) is 3.86. The highest BCUT2D eigenvalue weighted by Crippen LogP contribution is 2.25. The van der Waals surface area contributed by atoms with E-state index in [1.54, 1.807) is 25.1 Å². The standard InChI is InChI=1S/C15H23NO4S/c1-3-20-14-6-8-16(9-7-14)21(18,19)15-10-13(11-17)5-4-12(15)2/h4-5,10,14,17H,3,6-9,11H2,1-2H3. The van der Waals surface area contributed by atoms with Crippen molar-refractivity contribution in [3.63, 3.8) is 0 Å². The summed E-state index contributed by atoms with van der Waals surface area (Å²) in [6.45, 7) is 5.20. The maximum Gasteiger partial charge on any atom is 0.243 e. The van der Waals surface area contributed by atoms with Crippen LogP contribution in [-0.4, -0.2) is 43.6 Å². The number of sulfonamides is 1. The Kier molecular flexibility index (Phi) is 5.37. The van der Waals surface area contributed by atoms with Crippen LogP contribution in [0.15, 0.2) is 23.1 Å². The first-order chi connectivity index (χ1) is 9.98. The van der Waals surface area contributed by atoms with Crippen molar-refractivity contribution in [1.82, 2.24) is 4.31 Å². The molecule has 0 saturated carbocycles. The van der Waals surface area contributed by atoms with Gasteiger partial charge in [-0.15, -0.1) is 0 Å². The van der Waals surface area contributed by atoms with Crippen LogP contribution in [-0.2, 0) is 21.4 Å². The zero-order chi connectivity index (χ0) is 15.5. The summed E-state index contributed by atoms with van der Waals surface area (Å²) >= 11 is 0. The van der Waals surface area contributed by atoms with Crippen LogP contribution in [0.5, 0.6) is 0 Å². The Morgan fingerprint density at radius 2 is 2.00 bits per heavy atom. The van der Waals surface area contributed by atoms with E-state index < -0.39 is 10.0 Å². The minimum absolute atomic E-state index is 0.158. The number of benzene rings is 1. The lowest BCUT2D eigenvalue weighted by molar-refractivity contribution is 0.0290. The maximum atomic E-state index is 12.7. The molecule has 21 heavy (non-hydrogen) atoms. The third-order valence-corrected chi connectivity index (χ3v) is 5.90. The molecule has 5 nitrogen and oxygen atoms in total. The van der Waals surface area contributed by atoms with Gasteiger partial charge in [-0.05, 0) is 43.9 Å². The fourth-order valence-electron chi connectivity index (χ4n) is 2.63. The van der Waals surface area contributed by atoms with Gasteiger partial charge in [0.05, 0.1) is 17.6 Å². The van der Waals surface area contributed by atoms with Gasteiger partial charge in [0.25, 0.3) is 0 Å². The highest BCUT2D eigenvalue weighted by atomic mass is 32.2. The second kappa shape index (κ2) is 6.87. The van der Waals surface area contributed by atoms with Crippen molar-refractivity contribution in [3.8, 4) is 0 Å². The second-order valence-corrected chi connectivity index (χ2v) is 7.22. The fourth-order valence-corrected chi connectivity index (χ4v) is 4.38. The predicted molar refractivity (Wildman–Crippen MR) is 80.5 cm³/mol. The topological polar surface area (TPSA) is 66.8 Å². The van der Waals surface area contributed by atoms with Gasteiger partial charge in [0.15, 0.2) is 0 Å². The zero-order valence-corrected chi connectivity index (χ0v) is 13.4. The summed E-state index contributed by atoms with van der Waals surface area (Å²) in [6, 6.07) is 5.06. The highest BCUT2D eigenvalue weighted by Gasteiger charge is 2.30. The molecule has 0 aliphatic carbocycles. The van der Waals surface area contributed by atoms with Crippen LogP contribution in [0.2, 0.25) is 0 Å². The van der Waals surface area contributed by atoms with E-state index in [2.05, 4.69) is 0 Å². The van der Waals surface area contributed by atoms with Crippen molar-refractivity contribution in [2.75, 3.05) is 19.7 Å². The molecule has 0 bridgehead atoms. The number of aryl methyl sites for hydroxylation is 1. The molecule has 1 saturated heterocycles. The van der Waals surface area contributed by atoms with Crippen LogP contribution in [0.25, 0.3) is 0 Å². The Bertz CT molecular complexity index is 577. The van der Waals surface area contributed by atoms with E-state index in [9.17, 15) is 13.5 Å². The van der Waals surface area contributed by atoms with Crippen LogP contribution in [0, 0.1) is 6.92 Å². The fraction of sp³-hybridized carbons (Fsp3) is 0.600. The van der Waals surface area contributed by atoms with Gasteiger partial charge in [-0.1, -0.05) is 12.1 Å². The number of ether oxygens (including phenoxy) is 1. The first-order valence-electron chi connectivity index (χ1n) is 7.31. The van der Waals surface area contributed by atoms with E-state index in [0.29, 0.717) is 35.7 Å². The number of piperidine rings is 1. The van der Waals surface area contributed by atoms with Gasteiger partial charge in [-0.2, -0.15) is 4.31 Å². The van der Waals surface area contributed by atoms with Gasteiger partial charge in [0.1, 0.15) is 0 Å². The molecule has 0 aromatic heterocycles. The first-order valence-corrected chi connectivity index (χ1v) is 8.75. The molecule has 2 rings (SSSR count). The van der Waals surface area contributed by atoms with Crippen LogP contribution in [0.4, 0.5) is 0 Å². The summed E-state index contributed by atoms with van der Waals surface area (Å²) in [6.07, 6.45) is 1.61. The van der Waals surface area contributed by atoms with E-state index in [-0.39, 0.29) is 12.7 Å². The molecule has 118 valence electrons. The van der Waals surface area contributed by atoms with E-state index in [1.807, 2.05) is 6.92 Å². The number of aliphatic hydroxyl groups excluding tert-OH is 1. The molecule has 0 amide bonds. The number of hydrogen-bond acceptors (Lipinski definition) is 4. The van der Waals surface area contributed by atoms with Crippen molar-refractivity contribution < 1.29 is 18.3 Å². The average molecular weight is 313 g/mol. The van der Waals surface area contributed by atoms with Crippen molar-refractivity contribution in [1.29, 1.82) is 0 Å². The largest absolute Gasteiger partial charge is 0.392 e. The molecule has 6 heteroatoms. The molecule has 0 atom stereocenters. The van der Waals surface area contributed by atoms with Crippen LogP contribution >= 0.6 is 0 Å². The monoisotopic (exact) mass is 313 g/mol. The van der Waals surface area contributed by atoms with E-state index in [4.69, 9.17) is 4.74 Å². The van der Waals surface area contributed by atoms with Crippen molar-refractivity contribution in [2.24, 2.45) is 0 Å². The number of hydrogen-bond donors (Lipinski definition) is 1. The molecule has 0 radical (unpaired) electrons. The number of rotatable bonds is 5. The van der Waals surface area contributed by atoms with Gasteiger partial charge < -0.3 is 9.84 Å². The molecule has 0 spiro atoms. The molecule has 1 N–H and O–H groups in total. The first kappa shape index (κ1) is 16.4. The van der Waals surface area contributed by atoms with Gasteiger partial charge in [-0.25, -0.2) is 8.42 Å². The van der Waals surface area contributed by atoms with Crippen molar-refractivity contribution in [3.05, 3.63) is 29.3 Å². The maximum absolute atomic E-state index is 12.7. The molecule has 1 heterocycles. The third kappa shape index (κ3) is 3.63. The SMILES string of the molecule is CCOC1CCN(S(=O)(=O)c2cc(CO)ccc2C)CC1. The molecule has 1 aromatic carbocycles. The zero-order valence-electron chi connectivity index (χ0n) is 12.6. The van der Waals surface area contributed by atoms with E-state index in [1.165, 1.54) is 4.31 Å². The van der Waals surface area contributed by atoms with Crippen LogP contribution < -0.4 is 0 Å². The minimum Gasteiger partial charge on any atom is -0.392 e. The summed E-state index contributed by atoms with van der Waals surface area (Å²) in [4.78, 5) is 0.295. The lowest BCUT2D eigenvalue weighted by Gasteiger charge is -2.31. The Morgan fingerprint density at radius 1 is 1.33 bits per heavy atom. The molecular formula is C15H23NO4S. The van der Waals surface area contributed by atoms with Crippen LogP contribution in [0.3, 0.4) is 0 Å². The summed E-state index contributed by atoms with van der Waals surface area (Å²) in [5.74, 6) is 0. The number of nitrogens with zero attached hydrogens (tertiary/aromatic N) is 1. The quantitative estimate of drug-likeness (QED) is 0.898. The lowest BCUT2D eigenvalue weighted by atomic mass is 10.1. The molecule has 1 aliphatic rings. The second-order valence-electron chi connectivity index (χ2n) is 5.32. The molecule has 1 aromatic rings. The Hall–Kier alpha value is -0.950. The lowest BCUT2D eigenvalue weighted by Crippen LogP contribution is -2.41. The number of aliphatic hydroxyl groups is 1. The minimum atomic E-state index is -3.50. The average Bonchev–Trinajstić information content (AvgIpc) is 2.48. The van der Waals surface area contributed by atoms with Gasteiger partial charge in [-0.3, -0.25) is 0 Å². The Labute approximate surface area is 126 Å². The smallest absolute Gasteiger partial charge is 0.243 e. The van der Waals surface area contributed by atoms with Crippen molar-refractivity contribution in [2.45, 2.75) is 44.3 Å². The highest BCUT2D eigenvalue weighted by molar-refractivity contribution is 7.89. The normalized spacial score (nSPS) is 18.0. The Morgan fingerprint density at radius 3 is 2.57 bits per heavy atom. The molecule has 0 unspecified atom stereocenters. The summed E-state index contributed by atoms with van der Waals surface area (Å²) in [7, 11) is -3.50. The Balaban J connectivity index is 2.19. The van der Waals surface area contributed by atoms with Gasteiger partial charge in [0, 0.05) is 19.7 Å². The van der Waals surface area contributed by atoms with Crippen molar-refractivity contribution >= 4 is 10.0 Å². The summed E-state index contributed by atoms with van der Waals surface area (Å²) in [5, 5.41) is 9.20. The molecular weight excluding hydrogens is 290 g/mol. The van der Waals surface area contributed by atoms with E-state index in [0.717, 1.165) is 12.8 Å². The molecule has 1 aliphatic heterocycles. The van der Waals surface area contributed by atoms with Gasteiger partial charge >= 0.3 is 0 Å². The van der Waals surface area contributed by atoms with Crippen LogP contribution in [0.1, 0.15) is 30.9 Å². The summed E-state index contributed by atoms with van der Waals surface area (Å²) < 4.78 is 32.6. The predicted octanol–water partition coefficient (Wildman–Crippen LogP) is 1.68.